The van der Waals surface area contributed by atoms with Crippen LogP contribution in [0, 0.1) is 0 Å². The highest BCUT2D eigenvalue weighted by Gasteiger charge is 2.22. The number of Topliss-reactive ketones (excluding diaryl/α,β-unsaturated/α-hetero) is 1. The first-order valence-corrected chi connectivity index (χ1v) is 3.99. The minimum absolute atomic E-state index is 0.00491. The molecule has 3 heteroatoms. The molecule has 12 heavy (non-hydrogen) atoms. The molecule has 0 aromatic rings. The first-order valence-electron chi connectivity index (χ1n) is 3.99. The van der Waals surface area contributed by atoms with Gasteiger partial charge in [-0.25, -0.2) is 0 Å². The van der Waals surface area contributed by atoms with Gasteiger partial charge in [0.1, 0.15) is 25.1 Å². The smallest absolute Gasteiger partial charge is 0.195 e. The van der Waals surface area contributed by atoms with Gasteiger partial charge in [0.15, 0.2) is 5.78 Å². The molecule has 0 N–H and O–H groups in total. The Morgan fingerprint density at radius 2 is 2.33 bits per heavy atom. The quantitative estimate of drug-likeness (QED) is 0.534. The van der Waals surface area contributed by atoms with Crippen LogP contribution >= 0.6 is 0 Å². The molecule has 0 saturated carbocycles. The summed E-state index contributed by atoms with van der Waals surface area (Å²) in [4.78, 5) is 10.9. The van der Waals surface area contributed by atoms with E-state index in [4.69, 9.17) is 9.47 Å². The number of carbonyl (C=O) groups excluding carboxylic acids is 1. The van der Waals surface area contributed by atoms with Crippen LogP contribution in [0.4, 0.5) is 0 Å². The minimum atomic E-state index is -0.0403. The second-order valence-electron chi connectivity index (χ2n) is 2.86. The molecule has 0 spiro atoms. The number of allylic oxidation sites excluding steroid dienone is 2. The van der Waals surface area contributed by atoms with Gasteiger partial charge in [0.05, 0.1) is 0 Å². The average molecular weight is 166 g/mol. The third-order valence-electron chi connectivity index (χ3n) is 1.91. The number of hydrogen-bond donors (Lipinski definition) is 0. The fraction of sp³-hybridized carbons (Fsp3) is 0.444. The molecular weight excluding hydrogens is 156 g/mol. The van der Waals surface area contributed by atoms with E-state index in [1.54, 1.807) is 0 Å². The van der Waals surface area contributed by atoms with Crippen molar-refractivity contribution in [3.63, 3.8) is 0 Å². The lowest BCUT2D eigenvalue weighted by Gasteiger charge is -2.17. The third kappa shape index (κ3) is 1.41. The molecule has 1 saturated heterocycles. The second-order valence-corrected chi connectivity index (χ2v) is 2.86. The molecule has 0 bridgehead atoms. The van der Waals surface area contributed by atoms with Crippen LogP contribution in [-0.2, 0) is 14.3 Å². The maximum absolute atomic E-state index is 10.9. The predicted octanol–water partition coefficient (Wildman–Crippen LogP) is 0.815. The average Bonchev–Trinajstić information content (AvgIpc) is 2.29. The molecule has 0 aromatic carbocycles. The molecule has 64 valence electrons. The monoisotopic (exact) mass is 166 g/mol. The van der Waals surface area contributed by atoms with E-state index in [0.29, 0.717) is 0 Å². The molecule has 3 nitrogen and oxygen atoms in total. The van der Waals surface area contributed by atoms with E-state index >= 15 is 0 Å². The number of hydrogen-bond acceptors (Lipinski definition) is 3. The summed E-state index contributed by atoms with van der Waals surface area (Å²) in [5, 5.41) is 0. The standard InChI is InChI=1S/C9H10O3/c10-7-5-11-8-3-1-2-4-9(8)12-6-7/h1-3,9H,4-6H2. The number of ether oxygens (including phenoxy) is 2. The van der Waals surface area contributed by atoms with E-state index in [-0.39, 0.29) is 25.1 Å². The summed E-state index contributed by atoms with van der Waals surface area (Å²) < 4.78 is 10.6. The van der Waals surface area contributed by atoms with Crippen molar-refractivity contribution in [1.29, 1.82) is 0 Å². The zero-order valence-corrected chi connectivity index (χ0v) is 6.66. The Morgan fingerprint density at radius 3 is 3.25 bits per heavy atom. The van der Waals surface area contributed by atoms with E-state index in [9.17, 15) is 4.79 Å². The summed E-state index contributed by atoms with van der Waals surface area (Å²) in [6.07, 6.45) is 6.55. The van der Waals surface area contributed by atoms with Gasteiger partial charge in [-0.05, 0) is 12.5 Å². The van der Waals surface area contributed by atoms with Gasteiger partial charge in [-0.15, -0.1) is 0 Å². The molecule has 0 radical (unpaired) electrons. The van der Waals surface area contributed by atoms with Crippen molar-refractivity contribution in [3.05, 3.63) is 24.0 Å². The summed E-state index contributed by atoms with van der Waals surface area (Å²) in [5.41, 5.74) is 0. The zero-order valence-electron chi connectivity index (χ0n) is 6.66. The molecular formula is C9H10O3. The molecule has 1 aliphatic carbocycles. The van der Waals surface area contributed by atoms with Crippen LogP contribution < -0.4 is 0 Å². The van der Waals surface area contributed by atoms with E-state index < -0.39 is 0 Å². The Kier molecular flexibility index (Phi) is 1.96. The van der Waals surface area contributed by atoms with Gasteiger partial charge in [0.25, 0.3) is 0 Å². The Labute approximate surface area is 70.7 Å². The summed E-state index contributed by atoms with van der Waals surface area (Å²) >= 11 is 0. The van der Waals surface area contributed by atoms with Crippen LogP contribution in [0.3, 0.4) is 0 Å². The van der Waals surface area contributed by atoms with Gasteiger partial charge in [-0.3, -0.25) is 4.79 Å². The highest BCUT2D eigenvalue weighted by Crippen LogP contribution is 2.19. The first-order chi connectivity index (χ1) is 5.86. The van der Waals surface area contributed by atoms with Crippen LogP contribution in [0.2, 0.25) is 0 Å². The molecule has 2 rings (SSSR count). The van der Waals surface area contributed by atoms with Crippen molar-refractivity contribution in [2.24, 2.45) is 0 Å². The fourth-order valence-corrected chi connectivity index (χ4v) is 1.28. The van der Waals surface area contributed by atoms with Crippen molar-refractivity contribution in [2.45, 2.75) is 12.5 Å². The second kappa shape index (κ2) is 3.11. The van der Waals surface area contributed by atoms with Crippen LogP contribution in [0.5, 0.6) is 0 Å². The topological polar surface area (TPSA) is 35.5 Å². The lowest BCUT2D eigenvalue weighted by atomic mass is 10.1. The van der Waals surface area contributed by atoms with Crippen molar-refractivity contribution >= 4 is 5.78 Å². The molecule has 1 aliphatic heterocycles. The largest absolute Gasteiger partial charge is 0.487 e. The van der Waals surface area contributed by atoms with Crippen LogP contribution in [0.25, 0.3) is 0 Å². The zero-order chi connectivity index (χ0) is 8.39. The predicted molar refractivity (Wildman–Crippen MR) is 42.5 cm³/mol. The summed E-state index contributed by atoms with van der Waals surface area (Å²) in [5.74, 6) is 0.786. The van der Waals surface area contributed by atoms with Crippen LogP contribution in [0.15, 0.2) is 24.0 Å². The fourth-order valence-electron chi connectivity index (χ4n) is 1.28. The van der Waals surface area contributed by atoms with Crippen molar-refractivity contribution in [1.82, 2.24) is 0 Å². The number of fused-ring (bicyclic) bond motifs is 1. The molecule has 1 unspecified atom stereocenters. The molecule has 2 aliphatic rings. The SMILES string of the molecule is O=C1COC2=CC=CCC2OC1. The van der Waals surface area contributed by atoms with E-state index in [1.807, 2.05) is 18.2 Å². The maximum Gasteiger partial charge on any atom is 0.195 e. The van der Waals surface area contributed by atoms with Crippen LogP contribution in [0.1, 0.15) is 6.42 Å². The Hall–Kier alpha value is -1.09. The van der Waals surface area contributed by atoms with Crippen molar-refractivity contribution in [3.8, 4) is 0 Å². The number of ketones is 1. The van der Waals surface area contributed by atoms with Gasteiger partial charge in [-0.1, -0.05) is 12.2 Å². The minimum Gasteiger partial charge on any atom is -0.487 e. The summed E-state index contributed by atoms with van der Waals surface area (Å²) in [6.45, 7) is 0.325. The van der Waals surface area contributed by atoms with E-state index in [1.165, 1.54) is 0 Å². The van der Waals surface area contributed by atoms with Gasteiger partial charge < -0.3 is 9.47 Å². The first kappa shape index (κ1) is 7.55. The van der Waals surface area contributed by atoms with E-state index in [0.717, 1.165) is 12.2 Å². The Morgan fingerprint density at radius 1 is 1.42 bits per heavy atom. The van der Waals surface area contributed by atoms with Gasteiger partial charge >= 0.3 is 0 Å². The highest BCUT2D eigenvalue weighted by atomic mass is 16.6. The number of rotatable bonds is 0. The lowest BCUT2D eigenvalue weighted by molar-refractivity contribution is -0.124. The summed E-state index contributed by atoms with van der Waals surface area (Å²) in [7, 11) is 0. The lowest BCUT2D eigenvalue weighted by Crippen LogP contribution is -2.16. The number of carbonyl (C=O) groups is 1. The van der Waals surface area contributed by atoms with Crippen LogP contribution in [-0.4, -0.2) is 25.1 Å². The Balaban J connectivity index is 2.13. The molecule has 1 atom stereocenters. The van der Waals surface area contributed by atoms with Crippen molar-refractivity contribution in [2.75, 3.05) is 13.2 Å². The van der Waals surface area contributed by atoms with Gasteiger partial charge in [0.2, 0.25) is 0 Å². The highest BCUT2D eigenvalue weighted by molar-refractivity contribution is 5.81. The van der Waals surface area contributed by atoms with Crippen molar-refractivity contribution < 1.29 is 14.3 Å². The van der Waals surface area contributed by atoms with E-state index in [2.05, 4.69) is 0 Å². The molecule has 1 fully saturated rings. The third-order valence-corrected chi connectivity index (χ3v) is 1.91. The Bertz CT molecular complexity index is 252. The maximum atomic E-state index is 10.9. The summed E-state index contributed by atoms with van der Waals surface area (Å²) in [6, 6.07) is 0. The normalized spacial score (nSPS) is 28.5. The molecule has 1 heterocycles. The van der Waals surface area contributed by atoms with Gasteiger partial charge in [-0.2, -0.15) is 0 Å². The molecule has 0 aromatic heterocycles. The van der Waals surface area contributed by atoms with Gasteiger partial charge in [0, 0.05) is 0 Å². The molecule has 0 amide bonds.